The molecule has 3 heterocycles. The van der Waals surface area contributed by atoms with Gasteiger partial charge in [-0.2, -0.15) is 0 Å². The Morgan fingerprint density at radius 2 is 1.87 bits per heavy atom. The van der Waals surface area contributed by atoms with Crippen molar-refractivity contribution < 1.29 is 9.59 Å². The van der Waals surface area contributed by atoms with E-state index in [0.717, 1.165) is 23.3 Å². The highest BCUT2D eigenvalue weighted by Crippen LogP contribution is 2.36. The van der Waals surface area contributed by atoms with E-state index < -0.39 is 5.91 Å². The third-order valence-corrected chi connectivity index (χ3v) is 6.42. The monoisotopic (exact) mass is 429 g/mol. The molecule has 154 valence electrons. The van der Waals surface area contributed by atoms with Crippen LogP contribution in [0.3, 0.4) is 0 Å². The number of thioether (sulfide) groups is 1. The number of nitrogens with one attached hydrogen (secondary N) is 1. The molecule has 4 aromatic rings. The number of nitrogens with zero attached hydrogens (tertiary/aromatic N) is 3. The Morgan fingerprint density at radius 1 is 1.10 bits per heavy atom. The molecular formula is C23H19N5O2S. The molecule has 0 fully saturated rings. The van der Waals surface area contributed by atoms with Crippen LogP contribution in [0.15, 0.2) is 71.9 Å². The van der Waals surface area contributed by atoms with Crippen molar-refractivity contribution in [2.75, 3.05) is 5.75 Å². The van der Waals surface area contributed by atoms with Crippen molar-refractivity contribution >= 4 is 29.2 Å². The number of amides is 2. The number of hydrogen-bond donors (Lipinski definition) is 2. The molecular weight excluding hydrogens is 410 g/mol. The number of aromatic nitrogens is 3. The second-order valence-electron chi connectivity index (χ2n) is 7.24. The summed E-state index contributed by atoms with van der Waals surface area (Å²) in [6, 6.07) is 19.2. The quantitative estimate of drug-likeness (QED) is 0.517. The second kappa shape index (κ2) is 7.88. The molecule has 8 heteroatoms. The number of primary amides is 1. The van der Waals surface area contributed by atoms with Crippen molar-refractivity contribution in [3.63, 3.8) is 0 Å². The molecule has 2 aromatic heterocycles. The SMILES string of the molecule is NC(=O)c1ncn2c(C(=O)NC3CCSc4ccccc43)cc(-c3ccccc3)nc12. The Hall–Kier alpha value is -3.65. The Balaban J connectivity index is 1.59. The molecule has 1 aliphatic heterocycles. The number of nitrogens with two attached hydrogens (primary N) is 1. The van der Waals surface area contributed by atoms with Crippen LogP contribution in [0.25, 0.3) is 16.9 Å². The first-order valence-electron chi connectivity index (χ1n) is 9.88. The average molecular weight is 430 g/mol. The first-order chi connectivity index (χ1) is 15.1. The lowest BCUT2D eigenvalue weighted by molar-refractivity contribution is 0.0927. The number of fused-ring (bicyclic) bond motifs is 2. The summed E-state index contributed by atoms with van der Waals surface area (Å²) in [6.45, 7) is 0. The van der Waals surface area contributed by atoms with Crippen molar-refractivity contribution in [3.05, 3.63) is 83.9 Å². The number of imidazole rings is 1. The van der Waals surface area contributed by atoms with Crippen LogP contribution >= 0.6 is 11.8 Å². The zero-order valence-corrected chi connectivity index (χ0v) is 17.3. The standard InChI is InChI=1S/C23H19N5O2S/c24-21(29)20-22-26-17(14-6-2-1-3-7-14)12-18(28(22)13-25-20)23(30)27-16-10-11-31-19-9-5-4-8-15(16)19/h1-9,12-13,16H,10-11H2,(H2,24,29)(H,27,30). The van der Waals surface area contributed by atoms with Gasteiger partial charge in [-0.25, -0.2) is 9.97 Å². The van der Waals surface area contributed by atoms with Crippen molar-refractivity contribution in [3.8, 4) is 11.3 Å². The van der Waals surface area contributed by atoms with Gasteiger partial charge in [0.1, 0.15) is 12.0 Å². The van der Waals surface area contributed by atoms with Gasteiger partial charge in [-0.1, -0.05) is 48.5 Å². The van der Waals surface area contributed by atoms with E-state index in [1.165, 1.54) is 15.6 Å². The van der Waals surface area contributed by atoms with Gasteiger partial charge < -0.3 is 11.1 Å². The molecule has 0 saturated heterocycles. The second-order valence-corrected chi connectivity index (χ2v) is 8.38. The summed E-state index contributed by atoms with van der Waals surface area (Å²) in [4.78, 5) is 35.1. The molecule has 0 spiro atoms. The van der Waals surface area contributed by atoms with Crippen LogP contribution in [0.4, 0.5) is 0 Å². The summed E-state index contributed by atoms with van der Waals surface area (Å²) in [6.07, 6.45) is 2.25. The predicted octanol–water partition coefficient (Wildman–Crippen LogP) is 3.46. The first kappa shape index (κ1) is 19.3. The lowest BCUT2D eigenvalue weighted by Crippen LogP contribution is -2.32. The van der Waals surface area contributed by atoms with E-state index in [1.807, 2.05) is 48.5 Å². The maximum Gasteiger partial charge on any atom is 0.271 e. The summed E-state index contributed by atoms with van der Waals surface area (Å²) < 4.78 is 1.52. The Kier molecular flexibility index (Phi) is 4.91. The van der Waals surface area contributed by atoms with Crippen LogP contribution in [0, 0.1) is 0 Å². The highest BCUT2D eigenvalue weighted by Gasteiger charge is 2.25. The fourth-order valence-electron chi connectivity index (χ4n) is 3.80. The van der Waals surface area contributed by atoms with Gasteiger partial charge in [0.05, 0.1) is 11.7 Å². The van der Waals surface area contributed by atoms with Gasteiger partial charge in [0.15, 0.2) is 11.3 Å². The molecule has 5 rings (SSSR count). The minimum Gasteiger partial charge on any atom is -0.364 e. The van der Waals surface area contributed by atoms with E-state index in [9.17, 15) is 9.59 Å². The number of hydrogen-bond acceptors (Lipinski definition) is 5. The molecule has 2 amide bonds. The first-order valence-corrected chi connectivity index (χ1v) is 10.9. The highest BCUT2D eigenvalue weighted by atomic mass is 32.2. The largest absolute Gasteiger partial charge is 0.364 e. The van der Waals surface area contributed by atoms with Crippen LogP contribution in [-0.4, -0.2) is 31.9 Å². The summed E-state index contributed by atoms with van der Waals surface area (Å²) in [5, 5.41) is 3.16. The molecule has 0 aliphatic carbocycles. The van der Waals surface area contributed by atoms with E-state index in [0.29, 0.717) is 11.4 Å². The number of carbonyl (C=O) groups is 2. The fourth-order valence-corrected chi connectivity index (χ4v) is 4.93. The minimum absolute atomic E-state index is 0.0336. The van der Waals surface area contributed by atoms with Crippen LogP contribution in [0.5, 0.6) is 0 Å². The van der Waals surface area contributed by atoms with Gasteiger partial charge in [0, 0.05) is 16.2 Å². The number of rotatable bonds is 4. The van der Waals surface area contributed by atoms with Crippen molar-refractivity contribution in [2.24, 2.45) is 5.73 Å². The fraction of sp³-hybridized carbons (Fsp3) is 0.130. The van der Waals surface area contributed by atoms with Crippen LogP contribution in [0.2, 0.25) is 0 Å². The van der Waals surface area contributed by atoms with Crippen LogP contribution in [-0.2, 0) is 0 Å². The van der Waals surface area contributed by atoms with Gasteiger partial charge >= 0.3 is 0 Å². The molecule has 7 nitrogen and oxygen atoms in total. The van der Waals surface area contributed by atoms with Gasteiger partial charge in [0.25, 0.3) is 11.8 Å². The van der Waals surface area contributed by atoms with E-state index in [4.69, 9.17) is 5.73 Å². The Morgan fingerprint density at radius 3 is 2.68 bits per heavy atom. The van der Waals surface area contributed by atoms with E-state index >= 15 is 0 Å². The van der Waals surface area contributed by atoms with E-state index in [2.05, 4.69) is 21.4 Å². The van der Waals surface area contributed by atoms with Gasteiger partial charge in [0.2, 0.25) is 0 Å². The van der Waals surface area contributed by atoms with Crippen LogP contribution in [0.1, 0.15) is 39.0 Å². The van der Waals surface area contributed by atoms with Gasteiger partial charge in [-0.3, -0.25) is 14.0 Å². The summed E-state index contributed by atoms with van der Waals surface area (Å²) in [5.41, 5.74) is 8.64. The minimum atomic E-state index is -0.690. The van der Waals surface area contributed by atoms with Crippen molar-refractivity contribution in [1.82, 2.24) is 19.7 Å². The zero-order valence-electron chi connectivity index (χ0n) is 16.5. The highest BCUT2D eigenvalue weighted by molar-refractivity contribution is 7.99. The molecule has 2 aromatic carbocycles. The molecule has 0 bridgehead atoms. The molecule has 1 atom stereocenters. The Labute approximate surface area is 182 Å². The maximum absolute atomic E-state index is 13.4. The normalized spacial score (nSPS) is 15.4. The summed E-state index contributed by atoms with van der Waals surface area (Å²) >= 11 is 1.80. The summed E-state index contributed by atoms with van der Waals surface area (Å²) in [7, 11) is 0. The third-order valence-electron chi connectivity index (χ3n) is 5.30. The smallest absolute Gasteiger partial charge is 0.271 e. The van der Waals surface area contributed by atoms with Gasteiger partial charge in [-0.15, -0.1) is 11.8 Å². The average Bonchev–Trinajstić information content (AvgIpc) is 3.23. The van der Waals surface area contributed by atoms with Crippen LogP contribution < -0.4 is 11.1 Å². The molecule has 1 unspecified atom stereocenters. The number of benzene rings is 2. The molecule has 1 aliphatic rings. The molecule has 3 N–H and O–H groups in total. The molecule has 0 radical (unpaired) electrons. The number of carbonyl (C=O) groups excluding carboxylic acids is 2. The zero-order chi connectivity index (χ0) is 21.4. The summed E-state index contributed by atoms with van der Waals surface area (Å²) in [5.74, 6) is -0.0191. The maximum atomic E-state index is 13.4. The lowest BCUT2D eigenvalue weighted by Gasteiger charge is -2.26. The lowest BCUT2D eigenvalue weighted by atomic mass is 10.0. The van der Waals surface area contributed by atoms with E-state index in [-0.39, 0.29) is 23.3 Å². The predicted molar refractivity (Wildman–Crippen MR) is 119 cm³/mol. The van der Waals surface area contributed by atoms with Crippen molar-refractivity contribution in [2.45, 2.75) is 17.4 Å². The van der Waals surface area contributed by atoms with Crippen molar-refractivity contribution in [1.29, 1.82) is 0 Å². The van der Waals surface area contributed by atoms with E-state index in [1.54, 1.807) is 17.8 Å². The molecule has 0 saturated carbocycles. The van der Waals surface area contributed by atoms with Gasteiger partial charge in [-0.05, 0) is 24.1 Å². The Bertz CT molecular complexity index is 1300. The third kappa shape index (κ3) is 3.55. The topological polar surface area (TPSA) is 102 Å². The molecule has 31 heavy (non-hydrogen) atoms.